The summed E-state index contributed by atoms with van der Waals surface area (Å²) in [5, 5.41) is 24.7. The number of nitrogens with zero attached hydrogens (tertiary/aromatic N) is 6. The predicted octanol–water partition coefficient (Wildman–Crippen LogP) is 4.52. The Kier molecular flexibility index (Phi) is 7.48. The Labute approximate surface area is 209 Å². The third-order valence-electron chi connectivity index (χ3n) is 4.81. The van der Waals surface area contributed by atoms with E-state index in [0.717, 1.165) is 11.3 Å². The summed E-state index contributed by atoms with van der Waals surface area (Å²) in [4.78, 5) is 27.0. The summed E-state index contributed by atoms with van der Waals surface area (Å²) in [6.07, 6.45) is 3.33. The van der Waals surface area contributed by atoms with Crippen LogP contribution >= 0.6 is 23.4 Å². The molecule has 2 aromatic heterocycles. The summed E-state index contributed by atoms with van der Waals surface area (Å²) in [6.45, 7) is 1.66. The molecule has 0 bridgehead atoms. The number of nitrogens with one attached hydrogen (secondary N) is 1. The van der Waals surface area contributed by atoms with Crippen molar-refractivity contribution in [1.82, 2.24) is 25.2 Å². The van der Waals surface area contributed by atoms with Gasteiger partial charge in [-0.25, -0.2) is 5.43 Å². The molecule has 35 heavy (non-hydrogen) atoms. The first kappa shape index (κ1) is 24.0. The van der Waals surface area contributed by atoms with Crippen LogP contribution < -0.4 is 5.43 Å². The Balaban J connectivity index is 1.50. The van der Waals surface area contributed by atoms with Gasteiger partial charge in [0.2, 0.25) is 0 Å². The van der Waals surface area contributed by atoms with E-state index in [0.29, 0.717) is 27.3 Å². The Hall–Kier alpha value is -4.09. The van der Waals surface area contributed by atoms with Gasteiger partial charge in [0.05, 0.1) is 16.4 Å². The first-order valence-electron chi connectivity index (χ1n) is 10.2. The number of pyridine rings is 1. The van der Waals surface area contributed by atoms with E-state index in [4.69, 9.17) is 11.6 Å². The second-order valence-electron chi connectivity index (χ2n) is 7.18. The lowest BCUT2D eigenvalue weighted by atomic mass is 10.1. The van der Waals surface area contributed by atoms with Crippen molar-refractivity contribution in [2.75, 3.05) is 5.75 Å². The minimum absolute atomic E-state index is 0.0216. The Morgan fingerprint density at radius 1 is 1.14 bits per heavy atom. The molecule has 176 valence electrons. The van der Waals surface area contributed by atoms with Crippen LogP contribution in [0.2, 0.25) is 5.02 Å². The average molecular weight is 508 g/mol. The molecule has 12 heteroatoms. The summed E-state index contributed by atoms with van der Waals surface area (Å²) in [5.41, 5.74) is 5.01. The molecule has 4 aromatic rings. The molecule has 0 saturated carbocycles. The summed E-state index contributed by atoms with van der Waals surface area (Å²) in [7, 11) is 0. The number of hydrogen-bond donors (Lipinski definition) is 1. The van der Waals surface area contributed by atoms with E-state index in [1.807, 2.05) is 28.8 Å². The first-order chi connectivity index (χ1) is 16.9. The third-order valence-corrected chi connectivity index (χ3v) is 5.99. The zero-order chi connectivity index (χ0) is 24.8. The van der Waals surface area contributed by atoms with Crippen LogP contribution in [0.5, 0.6) is 0 Å². The highest BCUT2D eigenvalue weighted by molar-refractivity contribution is 7.99. The number of rotatable bonds is 8. The molecule has 2 aromatic carbocycles. The average Bonchev–Trinajstić information content (AvgIpc) is 3.31. The summed E-state index contributed by atoms with van der Waals surface area (Å²) in [5.74, 6) is 0.251. The van der Waals surface area contributed by atoms with E-state index in [1.165, 1.54) is 23.9 Å². The number of nitro groups is 1. The van der Waals surface area contributed by atoms with Crippen LogP contribution in [-0.4, -0.2) is 42.0 Å². The number of hydrazone groups is 1. The quantitative estimate of drug-likeness (QED) is 0.160. The van der Waals surface area contributed by atoms with E-state index in [9.17, 15) is 14.9 Å². The maximum absolute atomic E-state index is 12.5. The highest BCUT2D eigenvalue weighted by atomic mass is 35.5. The normalized spacial score (nSPS) is 11.3. The van der Waals surface area contributed by atoms with Gasteiger partial charge in [0, 0.05) is 46.4 Å². The molecule has 0 atom stereocenters. The summed E-state index contributed by atoms with van der Waals surface area (Å²) in [6, 6.07) is 16.9. The zero-order valence-electron chi connectivity index (χ0n) is 18.3. The van der Waals surface area contributed by atoms with Crippen molar-refractivity contribution in [3.63, 3.8) is 0 Å². The van der Waals surface area contributed by atoms with Gasteiger partial charge in [-0.15, -0.1) is 10.2 Å². The number of aromatic nitrogens is 4. The molecule has 10 nitrogen and oxygen atoms in total. The highest BCUT2D eigenvalue weighted by Crippen LogP contribution is 2.28. The molecule has 4 rings (SSSR count). The number of carbonyl (C=O) groups is 1. The number of halogens is 1. The fourth-order valence-corrected chi connectivity index (χ4v) is 3.96. The minimum Gasteiger partial charge on any atom is -0.272 e. The van der Waals surface area contributed by atoms with Crippen LogP contribution in [0, 0.1) is 10.1 Å². The van der Waals surface area contributed by atoms with Crippen LogP contribution in [-0.2, 0) is 4.79 Å². The third kappa shape index (κ3) is 5.89. The number of thioether (sulfide) groups is 1. The molecule has 0 saturated heterocycles. The molecule has 1 N–H and O–H groups in total. The predicted molar refractivity (Wildman–Crippen MR) is 134 cm³/mol. The van der Waals surface area contributed by atoms with Gasteiger partial charge >= 0.3 is 0 Å². The zero-order valence-corrected chi connectivity index (χ0v) is 19.9. The molecule has 0 fully saturated rings. The van der Waals surface area contributed by atoms with Crippen molar-refractivity contribution in [3.8, 4) is 17.1 Å². The van der Waals surface area contributed by atoms with Crippen molar-refractivity contribution >= 4 is 40.7 Å². The second kappa shape index (κ2) is 10.9. The summed E-state index contributed by atoms with van der Waals surface area (Å²) >= 11 is 7.24. The van der Waals surface area contributed by atoms with Crippen LogP contribution in [0.3, 0.4) is 0 Å². The highest BCUT2D eigenvalue weighted by Gasteiger charge is 2.17. The van der Waals surface area contributed by atoms with Crippen LogP contribution in [0.25, 0.3) is 17.1 Å². The van der Waals surface area contributed by atoms with Gasteiger partial charge in [0.25, 0.3) is 11.6 Å². The van der Waals surface area contributed by atoms with Gasteiger partial charge in [-0.2, -0.15) is 5.10 Å². The van der Waals surface area contributed by atoms with E-state index in [2.05, 4.69) is 25.7 Å². The molecular weight excluding hydrogens is 490 g/mol. The van der Waals surface area contributed by atoms with Gasteiger partial charge in [0.1, 0.15) is 0 Å². The smallest absolute Gasteiger partial charge is 0.270 e. The molecule has 0 unspecified atom stereocenters. The van der Waals surface area contributed by atoms with Gasteiger partial charge in [-0.3, -0.25) is 24.5 Å². The van der Waals surface area contributed by atoms with E-state index < -0.39 is 4.92 Å². The van der Waals surface area contributed by atoms with Crippen molar-refractivity contribution in [1.29, 1.82) is 0 Å². The monoisotopic (exact) mass is 507 g/mol. The number of benzene rings is 2. The number of carbonyl (C=O) groups excluding carboxylic acids is 1. The minimum atomic E-state index is -0.483. The van der Waals surface area contributed by atoms with Crippen LogP contribution in [0.15, 0.2) is 83.3 Å². The molecule has 0 aliphatic carbocycles. The van der Waals surface area contributed by atoms with Crippen molar-refractivity contribution in [2.24, 2.45) is 5.10 Å². The van der Waals surface area contributed by atoms with Crippen LogP contribution in [0.1, 0.15) is 12.5 Å². The lowest BCUT2D eigenvalue weighted by molar-refractivity contribution is -0.384. The largest absolute Gasteiger partial charge is 0.272 e. The number of non-ortho nitro benzene ring substituents is 1. The number of hydrogen-bond acceptors (Lipinski definition) is 8. The maximum Gasteiger partial charge on any atom is 0.270 e. The molecule has 0 radical (unpaired) electrons. The fraction of sp³-hybridized carbons (Fsp3) is 0.0870. The van der Waals surface area contributed by atoms with Crippen LogP contribution in [0.4, 0.5) is 5.69 Å². The topological polar surface area (TPSA) is 128 Å². The molecule has 0 aliphatic rings. The van der Waals surface area contributed by atoms with Gasteiger partial charge in [0.15, 0.2) is 11.0 Å². The van der Waals surface area contributed by atoms with E-state index in [-0.39, 0.29) is 17.3 Å². The standard InChI is InChI=1S/C23H18ClN7O3S/c1-15(17-3-2-4-20(13-17)31(33)34)26-27-21(32)14-35-23-29-28-22(16-9-11-25-12-10-16)30(23)19-7-5-18(24)6-8-19/h2-13H,14H2,1H3,(H,27,32)/b26-15+. The van der Waals surface area contributed by atoms with Crippen molar-refractivity contribution < 1.29 is 9.72 Å². The SMILES string of the molecule is C/C(=N\NC(=O)CSc1nnc(-c2ccncc2)n1-c1ccc(Cl)cc1)c1cccc([N+](=O)[O-])c1. The molecule has 0 spiro atoms. The van der Waals surface area contributed by atoms with Gasteiger partial charge < -0.3 is 0 Å². The Morgan fingerprint density at radius 2 is 1.89 bits per heavy atom. The van der Waals surface area contributed by atoms with Crippen molar-refractivity contribution in [2.45, 2.75) is 12.1 Å². The Bertz CT molecular complexity index is 1390. The first-order valence-corrected chi connectivity index (χ1v) is 11.6. The lowest BCUT2D eigenvalue weighted by Crippen LogP contribution is -2.21. The molecule has 0 aliphatic heterocycles. The number of amides is 1. The lowest BCUT2D eigenvalue weighted by Gasteiger charge is -2.10. The van der Waals surface area contributed by atoms with Gasteiger partial charge in [-0.05, 0) is 43.3 Å². The van der Waals surface area contributed by atoms with Gasteiger partial charge in [-0.1, -0.05) is 35.5 Å². The van der Waals surface area contributed by atoms with E-state index >= 15 is 0 Å². The van der Waals surface area contributed by atoms with Crippen molar-refractivity contribution in [3.05, 3.63) is 93.8 Å². The fourth-order valence-electron chi connectivity index (χ4n) is 3.09. The van der Waals surface area contributed by atoms with E-state index in [1.54, 1.807) is 43.6 Å². The Morgan fingerprint density at radius 3 is 2.60 bits per heavy atom. The summed E-state index contributed by atoms with van der Waals surface area (Å²) < 4.78 is 1.83. The maximum atomic E-state index is 12.5. The second-order valence-corrected chi connectivity index (χ2v) is 8.56. The molecular formula is C23H18ClN7O3S. The number of nitro benzene ring substituents is 1. The molecule has 2 heterocycles. The molecule has 1 amide bonds.